The third kappa shape index (κ3) is 8.48. The van der Waals surface area contributed by atoms with Crippen LogP contribution in [0.15, 0.2) is 84.9 Å². The van der Waals surface area contributed by atoms with Crippen molar-refractivity contribution in [2.24, 2.45) is 0 Å². The Morgan fingerprint density at radius 3 is 2.23 bits per heavy atom. The first-order valence-corrected chi connectivity index (χ1v) is 13.6. The lowest BCUT2D eigenvalue weighted by Crippen LogP contribution is -2.52. The Morgan fingerprint density at radius 1 is 0.949 bits per heavy atom. The van der Waals surface area contributed by atoms with Crippen LogP contribution in [0.5, 0.6) is 5.75 Å². The monoisotopic (exact) mass is 529 g/mol. The van der Waals surface area contributed by atoms with Crippen LogP contribution in [0, 0.1) is 0 Å². The SMILES string of the molecule is COc1ccc(CCN2CCC[C@H]2CN(C(=O)Nc2ccccc2)[C@H](C)CNC(=O)Nc2ccccc2)cc1. The van der Waals surface area contributed by atoms with Crippen molar-refractivity contribution in [1.82, 2.24) is 15.1 Å². The van der Waals surface area contributed by atoms with Gasteiger partial charge in [-0.1, -0.05) is 48.5 Å². The van der Waals surface area contributed by atoms with Gasteiger partial charge in [0.2, 0.25) is 0 Å². The van der Waals surface area contributed by atoms with Crippen molar-refractivity contribution in [2.45, 2.75) is 38.3 Å². The molecular weight excluding hydrogens is 490 g/mol. The fraction of sp³-hybridized carbons (Fsp3) is 0.355. The molecule has 1 heterocycles. The fourth-order valence-corrected chi connectivity index (χ4v) is 4.92. The van der Waals surface area contributed by atoms with Gasteiger partial charge in [0.25, 0.3) is 0 Å². The minimum Gasteiger partial charge on any atom is -0.497 e. The van der Waals surface area contributed by atoms with Gasteiger partial charge in [-0.3, -0.25) is 4.90 Å². The van der Waals surface area contributed by atoms with Gasteiger partial charge in [-0.05, 0) is 74.7 Å². The first-order chi connectivity index (χ1) is 19.0. The molecule has 3 aromatic rings. The maximum Gasteiger partial charge on any atom is 0.322 e. The van der Waals surface area contributed by atoms with E-state index >= 15 is 0 Å². The standard InChI is InChI=1S/C31H39N5O3/c1-24(22-32-30(37)33-26-10-5-3-6-11-26)36(31(38)34-27-12-7-4-8-13-27)23-28-14-9-20-35(28)21-19-25-15-17-29(39-2)18-16-25/h3-8,10-13,15-18,24,28H,9,14,19-23H2,1-2H3,(H,34,38)(H2,32,33,37)/t24-,28+/m1/s1. The molecule has 0 radical (unpaired) electrons. The molecule has 0 saturated carbocycles. The Kier molecular flexibility index (Phi) is 10.2. The van der Waals surface area contributed by atoms with Gasteiger partial charge in [0, 0.05) is 43.1 Å². The zero-order valence-corrected chi connectivity index (χ0v) is 22.8. The molecule has 0 aliphatic carbocycles. The Hall–Kier alpha value is -4.04. The number of methoxy groups -OCH3 is 1. The average molecular weight is 530 g/mol. The van der Waals surface area contributed by atoms with Crippen LogP contribution in [-0.2, 0) is 6.42 Å². The highest BCUT2D eigenvalue weighted by Crippen LogP contribution is 2.21. The fourth-order valence-electron chi connectivity index (χ4n) is 4.92. The molecule has 0 spiro atoms. The van der Waals surface area contributed by atoms with Gasteiger partial charge in [0.05, 0.1) is 7.11 Å². The van der Waals surface area contributed by atoms with Crippen LogP contribution in [0.2, 0.25) is 0 Å². The van der Waals surface area contributed by atoms with E-state index in [4.69, 9.17) is 4.74 Å². The van der Waals surface area contributed by atoms with E-state index in [-0.39, 0.29) is 24.1 Å². The number of rotatable bonds is 11. The van der Waals surface area contributed by atoms with Gasteiger partial charge in [-0.15, -0.1) is 0 Å². The molecule has 0 unspecified atom stereocenters. The first-order valence-electron chi connectivity index (χ1n) is 13.6. The number of likely N-dealkylation sites (tertiary alicyclic amines) is 1. The van der Waals surface area contributed by atoms with Crippen molar-refractivity contribution in [3.63, 3.8) is 0 Å². The first kappa shape index (κ1) is 28.0. The van der Waals surface area contributed by atoms with Crippen molar-refractivity contribution in [3.05, 3.63) is 90.5 Å². The lowest BCUT2D eigenvalue weighted by Gasteiger charge is -2.35. The Morgan fingerprint density at radius 2 is 1.59 bits per heavy atom. The normalized spacial score (nSPS) is 15.8. The van der Waals surface area contributed by atoms with Gasteiger partial charge < -0.3 is 25.6 Å². The number of hydrogen-bond acceptors (Lipinski definition) is 4. The summed E-state index contributed by atoms with van der Waals surface area (Å²) in [5, 5.41) is 8.80. The van der Waals surface area contributed by atoms with Crippen molar-refractivity contribution in [2.75, 3.05) is 43.9 Å². The number of nitrogens with zero attached hydrogens (tertiary/aromatic N) is 2. The van der Waals surface area contributed by atoms with E-state index in [1.54, 1.807) is 7.11 Å². The summed E-state index contributed by atoms with van der Waals surface area (Å²) in [6.45, 7) is 4.84. The number of anilines is 2. The van der Waals surface area contributed by atoms with Crippen molar-refractivity contribution >= 4 is 23.4 Å². The van der Waals surface area contributed by atoms with E-state index in [2.05, 4.69) is 33.0 Å². The van der Waals surface area contributed by atoms with Crippen molar-refractivity contribution < 1.29 is 14.3 Å². The molecule has 1 fully saturated rings. The zero-order chi connectivity index (χ0) is 27.5. The molecule has 4 rings (SSSR count). The molecule has 8 heteroatoms. The molecule has 39 heavy (non-hydrogen) atoms. The molecule has 2 atom stereocenters. The largest absolute Gasteiger partial charge is 0.497 e. The number of benzene rings is 3. The van der Waals surface area contributed by atoms with Crippen LogP contribution < -0.4 is 20.7 Å². The van der Waals surface area contributed by atoms with Gasteiger partial charge in [-0.2, -0.15) is 0 Å². The van der Waals surface area contributed by atoms with Gasteiger partial charge in [0.15, 0.2) is 0 Å². The van der Waals surface area contributed by atoms with E-state index in [0.29, 0.717) is 13.1 Å². The summed E-state index contributed by atoms with van der Waals surface area (Å²) in [5.74, 6) is 0.859. The third-order valence-electron chi connectivity index (χ3n) is 7.16. The molecule has 4 amide bonds. The molecule has 1 aliphatic rings. The summed E-state index contributed by atoms with van der Waals surface area (Å²) in [4.78, 5) is 30.3. The molecule has 0 aromatic heterocycles. The molecule has 3 N–H and O–H groups in total. The van der Waals surface area contributed by atoms with E-state index < -0.39 is 0 Å². The average Bonchev–Trinajstić information content (AvgIpc) is 3.41. The number of urea groups is 2. The zero-order valence-electron chi connectivity index (χ0n) is 22.8. The Balaban J connectivity index is 1.38. The molecular formula is C31H39N5O3. The Labute approximate surface area is 231 Å². The smallest absolute Gasteiger partial charge is 0.322 e. The summed E-state index contributed by atoms with van der Waals surface area (Å²) in [5.41, 5.74) is 2.74. The number of nitrogens with one attached hydrogen (secondary N) is 3. The van der Waals surface area contributed by atoms with Crippen LogP contribution in [0.4, 0.5) is 21.0 Å². The second kappa shape index (κ2) is 14.2. The number of carbonyl (C=O) groups excluding carboxylic acids is 2. The van der Waals surface area contributed by atoms with E-state index in [0.717, 1.165) is 49.5 Å². The number of hydrogen-bond donors (Lipinski definition) is 3. The molecule has 8 nitrogen and oxygen atoms in total. The highest BCUT2D eigenvalue weighted by atomic mass is 16.5. The van der Waals surface area contributed by atoms with Gasteiger partial charge in [0.1, 0.15) is 5.75 Å². The molecule has 206 valence electrons. The predicted molar refractivity (Wildman–Crippen MR) is 156 cm³/mol. The lowest BCUT2D eigenvalue weighted by atomic mass is 10.1. The molecule has 3 aromatic carbocycles. The van der Waals surface area contributed by atoms with Gasteiger partial charge in [-0.25, -0.2) is 9.59 Å². The van der Waals surface area contributed by atoms with Gasteiger partial charge >= 0.3 is 12.1 Å². The minimum atomic E-state index is -0.293. The second-order valence-electron chi connectivity index (χ2n) is 9.93. The highest BCUT2D eigenvalue weighted by molar-refractivity contribution is 5.90. The summed E-state index contributed by atoms with van der Waals surface area (Å²) in [6.07, 6.45) is 3.08. The highest BCUT2D eigenvalue weighted by Gasteiger charge is 2.30. The topological polar surface area (TPSA) is 85.9 Å². The van der Waals surface area contributed by atoms with E-state index in [1.165, 1.54) is 5.56 Å². The third-order valence-corrected chi connectivity index (χ3v) is 7.16. The van der Waals surface area contributed by atoms with Crippen molar-refractivity contribution in [1.29, 1.82) is 0 Å². The molecule has 1 saturated heterocycles. The maximum atomic E-state index is 13.5. The van der Waals surface area contributed by atoms with E-state index in [1.807, 2.05) is 84.6 Å². The summed E-state index contributed by atoms with van der Waals surface area (Å²) in [6, 6.07) is 26.6. The number of ether oxygens (including phenoxy) is 1. The van der Waals surface area contributed by atoms with Crippen LogP contribution in [0.25, 0.3) is 0 Å². The summed E-state index contributed by atoms with van der Waals surface area (Å²) < 4.78 is 5.28. The quantitative estimate of drug-likeness (QED) is 0.309. The predicted octanol–water partition coefficient (Wildman–Crippen LogP) is 5.45. The molecule has 0 bridgehead atoms. The Bertz CT molecular complexity index is 1170. The van der Waals surface area contributed by atoms with Crippen molar-refractivity contribution in [3.8, 4) is 5.75 Å². The number of carbonyl (C=O) groups is 2. The van der Waals surface area contributed by atoms with Crippen LogP contribution in [-0.4, -0.2) is 67.2 Å². The number of amides is 4. The molecule has 1 aliphatic heterocycles. The lowest BCUT2D eigenvalue weighted by molar-refractivity contribution is 0.154. The van der Waals surface area contributed by atoms with Crippen LogP contribution >= 0.6 is 0 Å². The summed E-state index contributed by atoms with van der Waals surface area (Å²) >= 11 is 0. The van der Waals surface area contributed by atoms with E-state index in [9.17, 15) is 9.59 Å². The summed E-state index contributed by atoms with van der Waals surface area (Å²) in [7, 11) is 1.68. The van der Waals surface area contributed by atoms with Crippen LogP contribution in [0.3, 0.4) is 0 Å². The second-order valence-corrected chi connectivity index (χ2v) is 9.93. The maximum absolute atomic E-state index is 13.5. The van der Waals surface area contributed by atoms with Crippen LogP contribution in [0.1, 0.15) is 25.3 Å². The number of para-hydroxylation sites is 2. The minimum absolute atomic E-state index is 0.166.